The normalized spacial score (nSPS) is 23.6. The van der Waals surface area contributed by atoms with E-state index in [4.69, 9.17) is 0 Å². The Morgan fingerprint density at radius 1 is 1.17 bits per heavy atom. The largest absolute Gasteiger partial charge is 0.480 e. The van der Waals surface area contributed by atoms with E-state index in [0.717, 1.165) is 30.5 Å². The average molecular weight is 330 g/mol. The van der Waals surface area contributed by atoms with Crippen LogP contribution in [-0.4, -0.2) is 59.5 Å². The molecule has 2 fully saturated rings. The molecule has 1 N–H and O–H groups in total. The fourth-order valence-electron chi connectivity index (χ4n) is 4.15. The molecule has 5 nitrogen and oxygen atoms in total. The van der Waals surface area contributed by atoms with Gasteiger partial charge in [0.05, 0.1) is 0 Å². The minimum atomic E-state index is -0.733. The fourth-order valence-corrected chi connectivity index (χ4v) is 4.15. The summed E-state index contributed by atoms with van der Waals surface area (Å²) in [6.07, 6.45) is 2.47. The Bertz CT molecular complexity index is 663. The van der Waals surface area contributed by atoms with Crippen LogP contribution in [0.4, 0.5) is 0 Å². The van der Waals surface area contributed by atoms with Crippen LogP contribution in [0.1, 0.15) is 40.7 Å². The number of piperidine rings is 1. The van der Waals surface area contributed by atoms with E-state index in [-0.39, 0.29) is 17.4 Å². The Morgan fingerprint density at radius 2 is 1.83 bits per heavy atom. The van der Waals surface area contributed by atoms with Gasteiger partial charge >= 0.3 is 5.97 Å². The average Bonchev–Trinajstić information content (AvgIpc) is 2.87. The van der Waals surface area contributed by atoms with Gasteiger partial charge in [0.25, 0.3) is 5.91 Å². The highest BCUT2D eigenvalue weighted by molar-refractivity contribution is 5.94. The number of nitrogens with zero attached hydrogens (tertiary/aromatic N) is 2. The first kappa shape index (κ1) is 17.0. The Kier molecular flexibility index (Phi) is 4.38. The van der Waals surface area contributed by atoms with Crippen LogP contribution in [0.2, 0.25) is 0 Å². The lowest BCUT2D eigenvalue weighted by molar-refractivity contribution is -0.141. The zero-order chi connectivity index (χ0) is 17.5. The molecule has 3 rings (SSSR count). The van der Waals surface area contributed by atoms with E-state index in [2.05, 4.69) is 0 Å². The molecule has 0 saturated carbocycles. The van der Waals surface area contributed by atoms with Crippen LogP contribution >= 0.6 is 0 Å². The van der Waals surface area contributed by atoms with Crippen molar-refractivity contribution < 1.29 is 14.7 Å². The zero-order valence-electron chi connectivity index (χ0n) is 14.7. The summed E-state index contributed by atoms with van der Waals surface area (Å²) in [7, 11) is 1.89. The quantitative estimate of drug-likeness (QED) is 0.904. The molecule has 2 aliphatic heterocycles. The van der Waals surface area contributed by atoms with Crippen molar-refractivity contribution in [3.63, 3.8) is 0 Å². The van der Waals surface area contributed by atoms with Gasteiger partial charge in [0.2, 0.25) is 0 Å². The third-order valence-electron chi connectivity index (χ3n) is 5.89. The summed E-state index contributed by atoms with van der Waals surface area (Å²) in [5, 5.41) is 9.33. The number of carbonyl (C=O) groups is 2. The van der Waals surface area contributed by atoms with E-state index in [1.54, 1.807) is 0 Å². The van der Waals surface area contributed by atoms with Gasteiger partial charge in [0.1, 0.15) is 6.04 Å². The molecule has 5 heteroatoms. The molecule has 1 spiro atoms. The van der Waals surface area contributed by atoms with E-state index in [0.29, 0.717) is 19.5 Å². The second-order valence-electron chi connectivity index (χ2n) is 7.56. The maximum atomic E-state index is 12.7. The summed E-state index contributed by atoms with van der Waals surface area (Å²) < 4.78 is 0. The monoisotopic (exact) mass is 330 g/mol. The van der Waals surface area contributed by atoms with Gasteiger partial charge in [-0.05, 0) is 68.8 Å². The standard InChI is InChI=1S/C19H26N2O3/c1-13-4-5-15(10-14(13)2)17(22)21-8-6-19(7-9-21)11-16(18(23)24)20(3)12-19/h4-5,10,16H,6-9,11-12H2,1-3H3,(H,23,24). The number of benzene rings is 1. The molecule has 0 aromatic heterocycles. The number of aliphatic carboxylic acids is 1. The second-order valence-corrected chi connectivity index (χ2v) is 7.56. The van der Waals surface area contributed by atoms with Crippen molar-refractivity contribution >= 4 is 11.9 Å². The second kappa shape index (κ2) is 6.20. The van der Waals surface area contributed by atoms with Crippen LogP contribution in [-0.2, 0) is 4.79 Å². The summed E-state index contributed by atoms with van der Waals surface area (Å²) in [6, 6.07) is 5.48. The molecule has 0 radical (unpaired) electrons. The van der Waals surface area contributed by atoms with Gasteiger partial charge < -0.3 is 10.0 Å². The van der Waals surface area contributed by atoms with Crippen LogP contribution in [0.25, 0.3) is 0 Å². The number of amides is 1. The van der Waals surface area contributed by atoms with Crippen LogP contribution in [0.3, 0.4) is 0 Å². The van der Waals surface area contributed by atoms with Gasteiger partial charge in [-0.3, -0.25) is 14.5 Å². The number of aryl methyl sites for hydroxylation is 2. The van der Waals surface area contributed by atoms with Crippen molar-refractivity contribution in [2.45, 2.75) is 39.2 Å². The predicted octanol–water partition coefficient (Wildman–Crippen LogP) is 2.31. The highest BCUT2D eigenvalue weighted by Gasteiger charge is 2.47. The van der Waals surface area contributed by atoms with Crippen LogP contribution in [0, 0.1) is 19.3 Å². The van der Waals surface area contributed by atoms with E-state index >= 15 is 0 Å². The van der Waals surface area contributed by atoms with E-state index in [1.807, 2.05) is 48.9 Å². The van der Waals surface area contributed by atoms with Gasteiger partial charge in [0, 0.05) is 25.2 Å². The summed E-state index contributed by atoms with van der Waals surface area (Å²) in [5.74, 6) is -0.642. The lowest BCUT2D eigenvalue weighted by atomic mass is 9.76. The summed E-state index contributed by atoms with van der Waals surface area (Å²) in [6.45, 7) is 6.31. The molecule has 2 saturated heterocycles. The van der Waals surface area contributed by atoms with Gasteiger partial charge in [-0.15, -0.1) is 0 Å². The van der Waals surface area contributed by atoms with Crippen molar-refractivity contribution in [3.8, 4) is 0 Å². The van der Waals surface area contributed by atoms with Gasteiger partial charge in [-0.2, -0.15) is 0 Å². The number of carbonyl (C=O) groups excluding carboxylic acids is 1. The molecule has 1 atom stereocenters. The third-order valence-corrected chi connectivity index (χ3v) is 5.89. The number of carboxylic acid groups (broad SMARTS) is 1. The topological polar surface area (TPSA) is 60.9 Å². The molecule has 2 heterocycles. The molecule has 0 bridgehead atoms. The maximum Gasteiger partial charge on any atom is 0.320 e. The maximum absolute atomic E-state index is 12.7. The van der Waals surface area contributed by atoms with Crippen LogP contribution in [0.5, 0.6) is 0 Å². The van der Waals surface area contributed by atoms with Gasteiger partial charge in [-0.25, -0.2) is 0 Å². The molecular formula is C19H26N2O3. The van der Waals surface area contributed by atoms with E-state index < -0.39 is 5.97 Å². The minimum absolute atomic E-state index is 0.0534. The van der Waals surface area contributed by atoms with E-state index in [9.17, 15) is 14.7 Å². The number of likely N-dealkylation sites (tertiary alicyclic amines) is 2. The third kappa shape index (κ3) is 3.05. The van der Waals surface area contributed by atoms with Crippen LogP contribution < -0.4 is 0 Å². The van der Waals surface area contributed by atoms with Gasteiger partial charge in [0.15, 0.2) is 0 Å². The van der Waals surface area contributed by atoms with Gasteiger partial charge in [-0.1, -0.05) is 6.07 Å². The first-order valence-electron chi connectivity index (χ1n) is 8.61. The number of rotatable bonds is 2. The SMILES string of the molecule is Cc1ccc(C(=O)N2CCC3(CC2)CC(C(=O)O)N(C)C3)cc1C. The molecule has 1 aromatic carbocycles. The Morgan fingerprint density at radius 3 is 2.38 bits per heavy atom. The van der Waals surface area contributed by atoms with Crippen LogP contribution in [0.15, 0.2) is 18.2 Å². The summed E-state index contributed by atoms with van der Waals surface area (Å²) in [4.78, 5) is 27.9. The molecule has 130 valence electrons. The first-order chi connectivity index (χ1) is 11.3. The highest BCUT2D eigenvalue weighted by Crippen LogP contribution is 2.43. The molecule has 24 heavy (non-hydrogen) atoms. The molecule has 1 unspecified atom stereocenters. The Hall–Kier alpha value is -1.88. The van der Waals surface area contributed by atoms with Crippen molar-refractivity contribution in [2.24, 2.45) is 5.41 Å². The van der Waals surface area contributed by atoms with E-state index in [1.165, 1.54) is 5.56 Å². The van der Waals surface area contributed by atoms with Crippen molar-refractivity contribution in [1.29, 1.82) is 0 Å². The molecular weight excluding hydrogens is 304 g/mol. The number of carboxylic acids is 1. The smallest absolute Gasteiger partial charge is 0.320 e. The van der Waals surface area contributed by atoms with Crippen molar-refractivity contribution in [3.05, 3.63) is 34.9 Å². The molecule has 2 aliphatic rings. The zero-order valence-corrected chi connectivity index (χ0v) is 14.7. The lowest BCUT2D eigenvalue weighted by Gasteiger charge is -2.39. The van der Waals surface area contributed by atoms with Crippen molar-refractivity contribution in [1.82, 2.24) is 9.80 Å². The summed E-state index contributed by atoms with van der Waals surface area (Å²) in [5.41, 5.74) is 3.13. The molecule has 1 amide bonds. The lowest BCUT2D eigenvalue weighted by Crippen LogP contribution is -2.44. The Labute approximate surface area is 143 Å². The number of hydrogen-bond donors (Lipinski definition) is 1. The Balaban J connectivity index is 1.66. The highest BCUT2D eigenvalue weighted by atomic mass is 16.4. The molecule has 0 aliphatic carbocycles. The fraction of sp³-hybridized carbons (Fsp3) is 0.579. The van der Waals surface area contributed by atoms with Crippen molar-refractivity contribution in [2.75, 3.05) is 26.7 Å². The number of likely N-dealkylation sites (N-methyl/N-ethyl adjacent to an activating group) is 1. The first-order valence-corrected chi connectivity index (χ1v) is 8.61. The summed E-state index contributed by atoms with van der Waals surface area (Å²) >= 11 is 0. The molecule has 1 aromatic rings. The number of hydrogen-bond acceptors (Lipinski definition) is 3. The minimum Gasteiger partial charge on any atom is -0.480 e. The predicted molar refractivity (Wildman–Crippen MR) is 92.2 cm³/mol.